The highest BCUT2D eigenvalue weighted by molar-refractivity contribution is 6.29. The molecule has 1 saturated heterocycles. The van der Waals surface area contributed by atoms with Gasteiger partial charge in [0, 0.05) is 24.9 Å². The van der Waals surface area contributed by atoms with Crippen molar-refractivity contribution >= 4 is 17.4 Å². The minimum Gasteiger partial charge on any atom is -0.350 e. The Bertz CT molecular complexity index is 448. The first-order valence-electron chi connectivity index (χ1n) is 5.71. The van der Waals surface area contributed by atoms with Crippen molar-refractivity contribution in [1.29, 1.82) is 0 Å². The van der Waals surface area contributed by atoms with Crippen molar-refractivity contribution in [3.8, 4) is 0 Å². The molecule has 0 bridgehead atoms. The molecular formula is C11H12ClF2N3. The van der Waals surface area contributed by atoms with E-state index >= 15 is 0 Å². The molecule has 1 aromatic rings. The largest absolute Gasteiger partial charge is 0.350 e. The maximum Gasteiger partial charge on any atom is 0.266 e. The molecule has 0 amide bonds. The second kappa shape index (κ2) is 3.77. The molecule has 6 heteroatoms. The number of hydrogen-bond donors (Lipinski definition) is 0. The van der Waals surface area contributed by atoms with Crippen LogP contribution in [0.1, 0.15) is 31.0 Å². The molecule has 3 nitrogen and oxygen atoms in total. The van der Waals surface area contributed by atoms with Gasteiger partial charge in [-0.2, -0.15) is 0 Å². The molecule has 1 saturated carbocycles. The number of anilines is 1. The molecule has 2 aliphatic rings. The smallest absolute Gasteiger partial charge is 0.266 e. The Balaban J connectivity index is 1.87. The summed E-state index contributed by atoms with van der Waals surface area (Å²) in [4.78, 5) is 10.1. The SMILES string of the molecule is FC1(F)CCN(c2cc(Cl)nc(C3CC3)n2)C1. The van der Waals surface area contributed by atoms with E-state index in [4.69, 9.17) is 11.6 Å². The number of aromatic nitrogens is 2. The Morgan fingerprint density at radius 2 is 2.12 bits per heavy atom. The van der Waals surface area contributed by atoms with E-state index in [2.05, 4.69) is 9.97 Å². The average molecular weight is 260 g/mol. The second-order valence-electron chi connectivity index (χ2n) is 4.71. The van der Waals surface area contributed by atoms with Gasteiger partial charge in [0.15, 0.2) is 0 Å². The Morgan fingerprint density at radius 1 is 1.35 bits per heavy atom. The van der Waals surface area contributed by atoms with Crippen molar-refractivity contribution in [3.05, 3.63) is 17.0 Å². The molecule has 2 fully saturated rings. The Kier molecular flexibility index (Phi) is 2.47. The molecule has 0 N–H and O–H groups in total. The molecule has 0 spiro atoms. The summed E-state index contributed by atoms with van der Waals surface area (Å²) in [7, 11) is 0. The van der Waals surface area contributed by atoms with Crippen molar-refractivity contribution in [3.63, 3.8) is 0 Å². The zero-order valence-electron chi connectivity index (χ0n) is 9.17. The Hall–Kier alpha value is -0.970. The lowest BCUT2D eigenvalue weighted by molar-refractivity contribution is 0.0256. The highest BCUT2D eigenvalue weighted by atomic mass is 35.5. The van der Waals surface area contributed by atoms with Gasteiger partial charge in [-0.25, -0.2) is 18.7 Å². The lowest BCUT2D eigenvalue weighted by Gasteiger charge is -2.17. The monoisotopic (exact) mass is 259 g/mol. The lowest BCUT2D eigenvalue weighted by Crippen LogP contribution is -2.26. The van der Waals surface area contributed by atoms with Crippen LogP contribution in [0.5, 0.6) is 0 Å². The molecule has 1 aromatic heterocycles. The van der Waals surface area contributed by atoms with Gasteiger partial charge in [0.25, 0.3) is 5.92 Å². The van der Waals surface area contributed by atoms with Crippen LogP contribution in [-0.4, -0.2) is 29.0 Å². The summed E-state index contributed by atoms with van der Waals surface area (Å²) in [5.74, 6) is -1.01. The number of hydrogen-bond acceptors (Lipinski definition) is 3. The van der Waals surface area contributed by atoms with Gasteiger partial charge in [0.2, 0.25) is 0 Å². The van der Waals surface area contributed by atoms with Gasteiger partial charge in [-0.1, -0.05) is 11.6 Å². The van der Waals surface area contributed by atoms with Gasteiger partial charge in [-0.3, -0.25) is 0 Å². The Labute approximate surface area is 103 Å². The summed E-state index contributed by atoms with van der Waals surface area (Å²) < 4.78 is 26.3. The number of halogens is 3. The third kappa shape index (κ3) is 2.34. The normalized spacial score (nSPS) is 23.1. The van der Waals surface area contributed by atoms with E-state index in [-0.39, 0.29) is 13.0 Å². The van der Waals surface area contributed by atoms with Crippen LogP contribution in [0.3, 0.4) is 0 Å². The standard InChI is InChI=1S/C11H12ClF2N3/c12-8-5-9(16-10(15-8)7-1-2-7)17-4-3-11(13,14)6-17/h5,7H,1-4,6H2. The summed E-state index contributed by atoms with van der Waals surface area (Å²) in [6, 6.07) is 1.56. The van der Waals surface area contributed by atoms with Crippen LogP contribution < -0.4 is 4.90 Å². The molecular weight excluding hydrogens is 248 g/mol. The summed E-state index contributed by atoms with van der Waals surface area (Å²) in [5.41, 5.74) is 0. The molecule has 1 aliphatic heterocycles. The van der Waals surface area contributed by atoms with Gasteiger partial charge in [0.1, 0.15) is 16.8 Å². The third-order valence-corrected chi connectivity index (χ3v) is 3.33. The van der Waals surface area contributed by atoms with Crippen LogP contribution in [0.25, 0.3) is 0 Å². The predicted molar refractivity (Wildman–Crippen MR) is 60.8 cm³/mol. The molecule has 1 aliphatic carbocycles. The van der Waals surface area contributed by atoms with E-state index in [0.29, 0.717) is 29.3 Å². The average Bonchev–Trinajstić information content (AvgIpc) is 3.02. The molecule has 0 unspecified atom stereocenters. The fraction of sp³-hybridized carbons (Fsp3) is 0.636. The first-order valence-corrected chi connectivity index (χ1v) is 6.09. The van der Waals surface area contributed by atoms with Gasteiger partial charge < -0.3 is 4.90 Å². The van der Waals surface area contributed by atoms with Crippen LogP contribution in [0.15, 0.2) is 6.07 Å². The van der Waals surface area contributed by atoms with Crippen molar-refractivity contribution in [2.75, 3.05) is 18.0 Å². The van der Waals surface area contributed by atoms with E-state index in [1.807, 2.05) is 0 Å². The maximum atomic E-state index is 13.1. The van der Waals surface area contributed by atoms with E-state index in [1.54, 1.807) is 11.0 Å². The third-order valence-electron chi connectivity index (χ3n) is 3.13. The zero-order valence-corrected chi connectivity index (χ0v) is 9.92. The van der Waals surface area contributed by atoms with Gasteiger partial charge in [-0.15, -0.1) is 0 Å². The second-order valence-corrected chi connectivity index (χ2v) is 5.10. The number of alkyl halides is 2. The quantitative estimate of drug-likeness (QED) is 0.765. The van der Waals surface area contributed by atoms with Crippen molar-refractivity contribution in [2.24, 2.45) is 0 Å². The van der Waals surface area contributed by atoms with E-state index in [0.717, 1.165) is 12.8 Å². The lowest BCUT2D eigenvalue weighted by atomic mass is 10.3. The fourth-order valence-corrected chi connectivity index (χ4v) is 2.22. The molecule has 3 rings (SSSR count). The molecule has 0 atom stereocenters. The molecule has 92 valence electrons. The van der Waals surface area contributed by atoms with Gasteiger partial charge >= 0.3 is 0 Å². The first-order chi connectivity index (χ1) is 8.03. The van der Waals surface area contributed by atoms with E-state index < -0.39 is 5.92 Å². The molecule has 2 heterocycles. The summed E-state index contributed by atoms with van der Waals surface area (Å²) in [6.07, 6.45) is 2.01. The van der Waals surface area contributed by atoms with Crippen LogP contribution in [0.2, 0.25) is 5.15 Å². The summed E-state index contributed by atoms with van der Waals surface area (Å²) >= 11 is 5.91. The van der Waals surface area contributed by atoms with Crippen molar-refractivity contribution in [1.82, 2.24) is 9.97 Å². The topological polar surface area (TPSA) is 29.0 Å². The number of nitrogens with zero attached hydrogens (tertiary/aromatic N) is 3. The maximum absolute atomic E-state index is 13.1. The predicted octanol–water partition coefficient (Wildman–Crippen LogP) is 2.85. The van der Waals surface area contributed by atoms with Crippen LogP contribution in [0, 0.1) is 0 Å². The highest BCUT2D eigenvalue weighted by Gasteiger charge is 2.39. The first kappa shape index (κ1) is 11.1. The minimum atomic E-state index is -2.61. The van der Waals surface area contributed by atoms with E-state index in [9.17, 15) is 8.78 Å². The molecule has 17 heavy (non-hydrogen) atoms. The van der Waals surface area contributed by atoms with Crippen LogP contribution in [-0.2, 0) is 0 Å². The van der Waals surface area contributed by atoms with Crippen LogP contribution >= 0.6 is 11.6 Å². The van der Waals surface area contributed by atoms with Crippen molar-refractivity contribution in [2.45, 2.75) is 31.1 Å². The number of rotatable bonds is 2. The summed E-state index contributed by atoms with van der Waals surface area (Å²) in [5, 5.41) is 0.340. The van der Waals surface area contributed by atoms with Crippen molar-refractivity contribution < 1.29 is 8.78 Å². The van der Waals surface area contributed by atoms with Crippen LogP contribution in [0.4, 0.5) is 14.6 Å². The fourth-order valence-electron chi connectivity index (χ4n) is 2.04. The summed E-state index contributed by atoms with van der Waals surface area (Å²) in [6.45, 7) is 0.0505. The minimum absolute atomic E-state index is 0.118. The highest BCUT2D eigenvalue weighted by Crippen LogP contribution is 2.39. The van der Waals surface area contributed by atoms with Gasteiger partial charge in [-0.05, 0) is 12.8 Å². The zero-order chi connectivity index (χ0) is 12.0. The van der Waals surface area contributed by atoms with E-state index in [1.165, 1.54) is 0 Å². The molecule has 0 aromatic carbocycles. The molecule has 0 radical (unpaired) electrons. The van der Waals surface area contributed by atoms with Gasteiger partial charge in [0.05, 0.1) is 6.54 Å². The Morgan fingerprint density at radius 3 is 2.71 bits per heavy atom.